The van der Waals surface area contributed by atoms with Crippen LogP contribution in [0, 0.1) is 0 Å². The van der Waals surface area contributed by atoms with Crippen LogP contribution in [0.15, 0.2) is 102 Å². The molecular weight excluding hydrogens is 402 g/mol. The first-order valence-corrected chi connectivity index (χ1v) is 10.3. The van der Waals surface area contributed by atoms with E-state index in [0.717, 1.165) is 22.5 Å². The average molecular weight is 423 g/mol. The van der Waals surface area contributed by atoms with E-state index in [4.69, 9.17) is 9.52 Å². The van der Waals surface area contributed by atoms with Crippen molar-refractivity contribution < 1.29 is 9.21 Å². The fourth-order valence-corrected chi connectivity index (χ4v) is 3.49. The lowest BCUT2D eigenvalue weighted by molar-refractivity contribution is 0.0921. The molecule has 0 spiro atoms. The lowest BCUT2D eigenvalue weighted by Crippen LogP contribution is -2.22. The highest BCUT2D eigenvalue weighted by Gasteiger charge is 2.16. The number of rotatable bonds is 7. The second-order valence-electron chi connectivity index (χ2n) is 7.30. The van der Waals surface area contributed by atoms with Gasteiger partial charge in [0.25, 0.3) is 5.91 Å². The van der Waals surface area contributed by atoms with E-state index in [1.165, 1.54) is 0 Å². The molecule has 7 heteroatoms. The molecule has 7 nitrogen and oxygen atoms in total. The second-order valence-corrected chi connectivity index (χ2v) is 7.30. The molecule has 32 heavy (non-hydrogen) atoms. The maximum Gasteiger partial charge on any atom is 0.287 e. The lowest BCUT2D eigenvalue weighted by Gasteiger charge is -2.04. The normalized spacial score (nSPS) is 10.9. The summed E-state index contributed by atoms with van der Waals surface area (Å²) < 4.78 is 9.28. The third-order valence-corrected chi connectivity index (χ3v) is 5.06. The summed E-state index contributed by atoms with van der Waals surface area (Å²) in [5.41, 5.74) is 3.69. The monoisotopic (exact) mass is 423 g/mol. The molecule has 3 aromatic heterocycles. The highest BCUT2D eigenvalue weighted by molar-refractivity contribution is 5.91. The van der Waals surface area contributed by atoms with Crippen molar-refractivity contribution in [3.05, 3.63) is 115 Å². The zero-order valence-electron chi connectivity index (χ0n) is 17.3. The van der Waals surface area contributed by atoms with E-state index < -0.39 is 0 Å². The Balaban J connectivity index is 1.35. The van der Waals surface area contributed by atoms with Gasteiger partial charge >= 0.3 is 0 Å². The van der Waals surface area contributed by atoms with Gasteiger partial charge < -0.3 is 9.73 Å². The Morgan fingerprint density at radius 2 is 1.72 bits per heavy atom. The molecule has 3 heterocycles. The summed E-state index contributed by atoms with van der Waals surface area (Å²) >= 11 is 0. The highest BCUT2D eigenvalue weighted by Crippen LogP contribution is 2.23. The number of nitrogens with zero attached hydrogens (tertiary/aromatic N) is 4. The van der Waals surface area contributed by atoms with Gasteiger partial charge in [-0.1, -0.05) is 48.5 Å². The van der Waals surface area contributed by atoms with Crippen molar-refractivity contribution in [2.75, 3.05) is 0 Å². The van der Waals surface area contributed by atoms with Gasteiger partial charge in [0.05, 0.1) is 17.9 Å². The SMILES string of the molecule is O=C(NCc1cn(-c2ccccc2)nc1-c1ccccc1)c1ccc(Cn2cccn2)o1. The maximum atomic E-state index is 12.7. The fourth-order valence-electron chi connectivity index (χ4n) is 3.49. The molecule has 1 amide bonds. The number of hydrogen-bond acceptors (Lipinski definition) is 4. The number of amides is 1. The average Bonchev–Trinajstić information content (AvgIpc) is 3.60. The van der Waals surface area contributed by atoms with E-state index in [2.05, 4.69) is 10.4 Å². The molecule has 0 unspecified atom stereocenters. The van der Waals surface area contributed by atoms with Crippen molar-refractivity contribution in [2.45, 2.75) is 13.1 Å². The van der Waals surface area contributed by atoms with Gasteiger partial charge in [-0.3, -0.25) is 9.48 Å². The van der Waals surface area contributed by atoms with E-state index in [1.54, 1.807) is 23.0 Å². The Labute approximate surface area is 184 Å². The third kappa shape index (κ3) is 4.22. The molecule has 0 aliphatic heterocycles. The summed E-state index contributed by atoms with van der Waals surface area (Å²) in [6, 6.07) is 25.2. The van der Waals surface area contributed by atoms with Crippen LogP contribution in [0.2, 0.25) is 0 Å². The Hall–Kier alpha value is -4.39. The predicted molar refractivity (Wildman–Crippen MR) is 120 cm³/mol. The van der Waals surface area contributed by atoms with Crippen LogP contribution in [0.5, 0.6) is 0 Å². The Kier molecular flexibility index (Phi) is 5.36. The molecule has 0 aliphatic carbocycles. The lowest BCUT2D eigenvalue weighted by atomic mass is 10.1. The van der Waals surface area contributed by atoms with Crippen LogP contribution in [0.4, 0.5) is 0 Å². The number of para-hydroxylation sites is 1. The van der Waals surface area contributed by atoms with Crippen molar-refractivity contribution in [3.63, 3.8) is 0 Å². The maximum absolute atomic E-state index is 12.7. The molecular formula is C25H21N5O2. The largest absolute Gasteiger partial charge is 0.454 e. The number of benzene rings is 2. The minimum Gasteiger partial charge on any atom is -0.454 e. The standard InChI is InChI=1S/C25H21N5O2/c31-25(23-13-12-22(32-23)18-29-15-7-14-27-29)26-16-20-17-30(21-10-5-2-6-11-21)28-24(20)19-8-3-1-4-9-19/h1-15,17H,16,18H2,(H,26,31). The van der Waals surface area contributed by atoms with Gasteiger partial charge in [-0.05, 0) is 30.3 Å². The predicted octanol–water partition coefficient (Wildman–Crippen LogP) is 4.31. The highest BCUT2D eigenvalue weighted by atomic mass is 16.4. The molecule has 0 atom stereocenters. The van der Waals surface area contributed by atoms with Crippen LogP contribution < -0.4 is 5.32 Å². The van der Waals surface area contributed by atoms with Crippen molar-refractivity contribution in [3.8, 4) is 16.9 Å². The summed E-state index contributed by atoms with van der Waals surface area (Å²) in [4.78, 5) is 12.7. The summed E-state index contributed by atoms with van der Waals surface area (Å²) in [5.74, 6) is 0.660. The topological polar surface area (TPSA) is 77.9 Å². The van der Waals surface area contributed by atoms with Gasteiger partial charge in [-0.15, -0.1) is 0 Å². The summed E-state index contributed by atoms with van der Waals surface area (Å²) in [5, 5.41) is 11.9. The smallest absolute Gasteiger partial charge is 0.287 e. The zero-order chi connectivity index (χ0) is 21.8. The fraction of sp³-hybridized carbons (Fsp3) is 0.0800. The van der Waals surface area contributed by atoms with E-state index in [1.807, 2.05) is 83.8 Å². The van der Waals surface area contributed by atoms with Crippen LogP contribution in [-0.4, -0.2) is 25.5 Å². The van der Waals surface area contributed by atoms with Crippen LogP contribution in [0.1, 0.15) is 21.9 Å². The van der Waals surface area contributed by atoms with Crippen LogP contribution in [-0.2, 0) is 13.1 Å². The van der Waals surface area contributed by atoms with Gasteiger partial charge in [0.15, 0.2) is 5.76 Å². The summed E-state index contributed by atoms with van der Waals surface area (Å²) in [7, 11) is 0. The van der Waals surface area contributed by atoms with Gasteiger partial charge in [0.1, 0.15) is 5.76 Å². The quantitative estimate of drug-likeness (QED) is 0.423. The number of carbonyl (C=O) groups excluding carboxylic acids is 1. The number of furan rings is 1. The number of nitrogens with one attached hydrogen (secondary N) is 1. The van der Waals surface area contributed by atoms with E-state index in [9.17, 15) is 4.79 Å². The Morgan fingerprint density at radius 1 is 0.938 bits per heavy atom. The van der Waals surface area contributed by atoms with E-state index in [0.29, 0.717) is 18.8 Å². The molecule has 0 saturated carbocycles. The molecule has 158 valence electrons. The van der Waals surface area contributed by atoms with Gasteiger partial charge in [-0.2, -0.15) is 10.2 Å². The van der Waals surface area contributed by atoms with Crippen LogP contribution in [0.25, 0.3) is 16.9 Å². The van der Waals surface area contributed by atoms with Crippen molar-refractivity contribution in [1.29, 1.82) is 0 Å². The van der Waals surface area contributed by atoms with E-state index in [-0.39, 0.29) is 11.7 Å². The first-order chi connectivity index (χ1) is 15.8. The zero-order valence-corrected chi connectivity index (χ0v) is 17.3. The van der Waals surface area contributed by atoms with Crippen LogP contribution >= 0.6 is 0 Å². The third-order valence-electron chi connectivity index (χ3n) is 5.06. The first kappa shape index (κ1) is 19.6. The van der Waals surface area contributed by atoms with Crippen LogP contribution in [0.3, 0.4) is 0 Å². The molecule has 2 aromatic carbocycles. The van der Waals surface area contributed by atoms with Gasteiger partial charge in [-0.25, -0.2) is 4.68 Å². The summed E-state index contributed by atoms with van der Waals surface area (Å²) in [6.45, 7) is 0.799. The number of carbonyl (C=O) groups is 1. The number of aromatic nitrogens is 4. The van der Waals surface area contributed by atoms with Gasteiger partial charge in [0.2, 0.25) is 0 Å². The molecule has 0 aliphatic rings. The van der Waals surface area contributed by atoms with Crippen molar-refractivity contribution >= 4 is 5.91 Å². The van der Waals surface area contributed by atoms with Crippen molar-refractivity contribution in [2.24, 2.45) is 0 Å². The summed E-state index contributed by atoms with van der Waals surface area (Å²) in [6.07, 6.45) is 5.50. The molecule has 5 aromatic rings. The molecule has 0 bridgehead atoms. The van der Waals surface area contributed by atoms with E-state index >= 15 is 0 Å². The molecule has 1 N–H and O–H groups in total. The minimum atomic E-state index is -0.275. The second kappa shape index (κ2) is 8.77. The Morgan fingerprint density at radius 3 is 2.47 bits per heavy atom. The molecule has 0 radical (unpaired) electrons. The van der Waals surface area contributed by atoms with Gasteiger partial charge in [0, 0.05) is 36.3 Å². The minimum absolute atomic E-state index is 0.267. The van der Waals surface area contributed by atoms with Crippen molar-refractivity contribution in [1.82, 2.24) is 24.9 Å². The number of hydrogen-bond donors (Lipinski definition) is 1. The Bertz CT molecular complexity index is 1310. The first-order valence-electron chi connectivity index (χ1n) is 10.3. The molecule has 0 fully saturated rings. The molecule has 0 saturated heterocycles. The molecule has 5 rings (SSSR count).